The molecule has 4 nitrogen and oxygen atoms in total. The molecule has 86 valence electrons. The summed E-state index contributed by atoms with van der Waals surface area (Å²) >= 11 is 0. The minimum atomic E-state index is -1.13. The molecule has 0 aromatic heterocycles. The summed E-state index contributed by atoms with van der Waals surface area (Å²) in [6.07, 6.45) is 1.16. The number of carbonyl (C=O) groups is 2. The summed E-state index contributed by atoms with van der Waals surface area (Å²) in [6, 6.07) is 4.74. The molecule has 1 atom stereocenters. The van der Waals surface area contributed by atoms with E-state index in [1.807, 2.05) is 0 Å². The van der Waals surface area contributed by atoms with E-state index in [9.17, 15) is 9.59 Å². The fourth-order valence-corrected chi connectivity index (χ4v) is 1.70. The van der Waals surface area contributed by atoms with E-state index in [0.717, 1.165) is 0 Å². The standard InChI is InChI=1S/C13H10O4/c1-3-6-17-13-11(14)9-5-4-8(16-2)7-10(9)12(13)15/h4-5,7,13H,1-2H3. The number of hydrogen-bond donors (Lipinski definition) is 0. The van der Waals surface area contributed by atoms with Crippen LogP contribution in [0.3, 0.4) is 0 Å². The van der Waals surface area contributed by atoms with Crippen molar-refractivity contribution < 1.29 is 19.1 Å². The quantitative estimate of drug-likeness (QED) is 0.570. The van der Waals surface area contributed by atoms with E-state index < -0.39 is 6.10 Å². The molecule has 0 aliphatic heterocycles. The van der Waals surface area contributed by atoms with Gasteiger partial charge in [-0.05, 0) is 18.2 Å². The van der Waals surface area contributed by atoms with Crippen LogP contribution in [0.2, 0.25) is 0 Å². The number of carbonyl (C=O) groups excluding carboxylic acids is 2. The van der Waals surface area contributed by atoms with Crippen LogP contribution in [0.5, 0.6) is 5.75 Å². The minimum Gasteiger partial charge on any atom is -0.497 e. The van der Waals surface area contributed by atoms with Crippen molar-refractivity contribution in [2.75, 3.05) is 7.11 Å². The van der Waals surface area contributed by atoms with E-state index in [1.54, 1.807) is 19.1 Å². The summed E-state index contributed by atoms with van der Waals surface area (Å²) in [4.78, 5) is 23.8. The number of Topliss-reactive ketones (excluding diaryl/α,β-unsaturated/α-hetero) is 2. The van der Waals surface area contributed by atoms with Gasteiger partial charge in [-0.3, -0.25) is 9.59 Å². The first kappa shape index (κ1) is 11.2. The van der Waals surface area contributed by atoms with Gasteiger partial charge in [0.2, 0.25) is 17.7 Å². The zero-order chi connectivity index (χ0) is 12.4. The van der Waals surface area contributed by atoms with Crippen LogP contribution < -0.4 is 4.74 Å². The molecule has 1 aromatic rings. The zero-order valence-corrected chi connectivity index (χ0v) is 9.44. The lowest BCUT2D eigenvalue weighted by molar-refractivity contribution is 0.0659. The maximum absolute atomic E-state index is 11.9. The Balaban J connectivity index is 2.40. The Morgan fingerprint density at radius 3 is 2.53 bits per heavy atom. The first-order valence-corrected chi connectivity index (χ1v) is 5.03. The topological polar surface area (TPSA) is 52.6 Å². The van der Waals surface area contributed by atoms with Gasteiger partial charge < -0.3 is 9.47 Å². The lowest BCUT2D eigenvalue weighted by Crippen LogP contribution is -2.23. The highest BCUT2D eigenvalue weighted by Crippen LogP contribution is 2.27. The third-order valence-corrected chi connectivity index (χ3v) is 2.51. The van der Waals surface area contributed by atoms with Crippen LogP contribution in [0, 0.1) is 12.0 Å². The highest BCUT2D eigenvalue weighted by molar-refractivity contribution is 6.28. The molecule has 0 amide bonds. The molecule has 4 heteroatoms. The number of ketones is 2. The largest absolute Gasteiger partial charge is 0.497 e. The molecule has 1 unspecified atom stereocenters. The molecule has 17 heavy (non-hydrogen) atoms. The van der Waals surface area contributed by atoms with Crippen LogP contribution in [-0.2, 0) is 4.74 Å². The predicted molar refractivity (Wildman–Crippen MR) is 60.0 cm³/mol. The van der Waals surface area contributed by atoms with Crippen LogP contribution in [-0.4, -0.2) is 24.8 Å². The van der Waals surface area contributed by atoms with E-state index in [4.69, 9.17) is 9.47 Å². The van der Waals surface area contributed by atoms with E-state index in [2.05, 4.69) is 12.0 Å². The van der Waals surface area contributed by atoms with Crippen molar-refractivity contribution in [2.45, 2.75) is 13.0 Å². The van der Waals surface area contributed by atoms with Gasteiger partial charge in [0.1, 0.15) is 11.9 Å². The molecule has 1 aliphatic carbocycles. The van der Waals surface area contributed by atoms with Gasteiger partial charge in [0.25, 0.3) is 0 Å². The van der Waals surface area contributed by atoms with Crippen molar-refractivity contribution >= 4 is 11.6 Å². The molecular formula is C13H10O4. The highest BCUT2D eigenvalue weighted by Gasteiger charge is 2.40. The SMILES string of the molecule is CC#COC1C(=O)c2ccc(OC)cc2C1=O. The molecule has 0 saturated heterocycles. The van der Waals surface area contributed by atoms with Gasteiger partial charge in [0.05, 0.1) is 7.11 Å². The lowest BCUT2D eigenvalue weighted by atomic mass is 10.1. The first-order valence-electron chi connectivity index (χ1n) is 5.03. The highest BCUT2D eigenvalue weighted by atomic mass is 16.5. The fourth-order valence-electron chi connectivity index (χ4n) is 1.70. The van der Waals surface area contributed by atoms with Gasteiger partial charge in [0.15, 0.2) is 0 Å². The second-order valence-electron chi connectivity index (χ2n) is 3.49. The van der Waals surface area contributed by atoms with Crippen molar-refractivity contribution in [1.82, 2.24) is 0 Å². The van der Waals surface area contributed by atoms with Crippen molar-refractivity contribution in [3.63, 3.8) is 0 Å². The van der Waals surface area contributed by atoms with Crippen LogP contribution >= 0.6 is 0 Å². The summed E-state index contributed by atoms with van der Waals surface area (Å²) < 4.78 is 9.94. The van der Waals surface area contributed by atoms with Gasteiger partial charge in [-0.1, -0.05) is 5.92 Å². The lowest BCUT2D eigenvalue weighted by Gasteiger charge is -2.01. The second kappa shape index (κ2) is 4.30. The van der Waals surface area contributed by atoms with Crippen LogP contribution in [0.25, 0.3) is 0 Å². The monoisotopic (exact) mass is 230 g/mol. The zero-order valence-electron chi connectivity index (χ0n) is 9.44. The summed E-state index contributed by atoms with van der Waals surface area (Å²) in [5.74, 6) is 2.30. The van der Waals surface area contributed by atoms with Crippen LogP contribution in [0.4, 0.5) is 0 Å². The van der Waals surface area contributed by atoms with E-state index in [0.29, 0.717) is 16.9 Å². The molecular weight excluding hydrogens is 220 g/mol. The van der Waals surface area contributed by atoms with E-state index >= 15 is 0 Å². The molecule has 0 spiro atoms. The van der Waals surface area contributed by atoms with Crippen molar-refractivity contribution in [1.29, 1.82) is 0 Å². The number of methoxy groups -OCH3 is 1. The van der Waals surface area contributed by atoms with E-state index in [1.165, 1.54) is 13.2 Å². The molecule has 0 radical (unpaired) electrons. The number of rotatable bonds is 2. The Labute approximate surface area is 98.5 Å². The second-order valence-corrected chi connectivity index (χ2v) is 3.49. The Morgan fingerprint density at radius 2 is 1.88 bits per heavy atom. The normalized spacial score (nSPS) is 17.2. The van der Waals surface area contributed by atoms with Gasteiger partial charge in [-0.2, -0.15) is 0 Å². The molecule has 1 aromatic carbocycles. The Morgan fingerprint density at radius 1 is 1.18 bits per heavy atom. The maximum Gasteiger partial charge on any atom is 0.235 e. The molecule has 0 heterocycles. The number of benzene rings is 1. The number of ether oxygens (including phenoxy) is 2. The molecule has 1 aliphatic rings. The summed E-state index contributed by atoms with van der Waals surface area (Å²) in [5, 5.41) is 0. The molecule has 0 N–H and O–H groups in total. The molecule has 0 fully saturated rings. The predicted octanol–water partition coefficient (Wildman–Crippen LogP) is 1.44. The van der Waals surface area contributed by atoms with Gasteiger partial charge in [-0.25, -0.2) is 0 Å². The average Bonchev–Trinajstić information content (AvgIpc) is 2.59. The van der Waals surface area contributed by atoms with Crippen molar-refractivity contribution in [3.8, 4) is 17.8 Å². The van der Waals surface area contributed by atoms with Crippen LogP contribution in [0.1, 0.15) is 27.6 Å². The average molecular weight is 230 g/mol. The van der Waals surface area contributed by atoms with Crippen molar-refractivity contribution in [3.05, 3.63) is 29.3 Å². The third kappa shape index (κ3) is 1.76. The third-order valence-electron chi connectivity index (χ3n) is 2.51. The maximum atomic E-state index is 11.9. The summed E-state index contributed by atoms with van der Waals surface area (Å²) in [5.41, 5.74) is 0.691. The van der Waals surface area contributed by atoms with E-state index in [-0.39, 0.29) is 11.6 Å². The summed E-state index contributed by atoms with van der Waals surface area (Å²) in [7, 11) is 1.50. The minimum absolute atomic E-state index is 0.331. The summed E-state index contributed by atoms with van der Waals surface area (Å²) in [6.45, 7) is 1.57. The van der Waals surface area contributed by atoms with Gasteiger partial charge in [0, 0.05) is 18.1 Å². The van der Waals surface area contributed by atoms with Gasteiger partial charge in [-0.15, -0.1) is 0 Å². The first-order chi connectivity index (χ1) is 8.19. The van der Waals surface area contributed by atoms with Crippen molar-refractivity contribution in [2.24, 2.45) is 0 Å². The Hall–Kier alpha value is -2.28. The number of fused-ring (bicyclic) bond motifs is 1. The van der Waals surface area contributed by atoms with Gasteiger partial charge >= 0.3 is 0 Å². The molecule has 0 bridgehead atoms. The Kier molecular flexibility index (Phi) is 2.84. The fraction of sp³-hybridized carbons (Fsp3) is 0.231. The molecule has 2 rings (SSSR count). The Bertz CT molecular complexity index is 548. The number of hydrogen-bond acceptors (Lipinski definition) is 4. The van der Waals surface area contributed by atoms with Crippen LogP contribution in [0.15, 0.2) is 18.2 Å². The molecule has 0 saturated carbocycles. The smallest absolute Gasteiger partial charge is 0.235 e.